The van der Waals surface area contributed by atoms with Crippen molar-refractivity contribution in [3.63, 3.8) is 0 Å². The molecule has 1 aliphatic rings. The van der Waals surface area contributed by atoms with Gasteiger partial charge < -0.3 is 0 Å². The molecule has 0 fully saturated rings. The Morgan fingerprint density at radius 2 is 2.12 bits per heavy atom. The molecule has 17 heavy (non-hydrogen) atoms. The summed E-state index contributed by atoms with van der Waals surface area (Å²) in [5.74, 6) is 5.71. The van der Waals surface area contributed by atoms with E-state index in [1.165, 1.54) is 37.7 Å². The largest absolute Gasteiger partial charge is 0.271 e. The molecule has 1 aliphatic carbocycles. The summed E-state index contributed by atoms with van der Waals surface area (Å²) in [5, 5.41) is 0. The molecule has 3 heteroatoms. The molecule has 3 N–H and O–H groups in total. The highest BCUT2D eigenvalue weighted by Gasteiger charge is 2.15. The molecular formula is C14H21N3. The minimum Gasteiger partial charge on any atom is -0.271 e. The molecule has 1 aromatic heterocycles. The van der Waals surface area contributed by atoms with E-state index in [1.807, 2.05) is 12.3 Å². The second-order valence-corrected chi connectivity index (χ2v) is 4.62. The topological polar surface area (TPSA) is 50.9 Å². The Hall–Kier alpha value is -1.19. The van der Waals surface area contributed by atoms with Crippen LogP contribution < -0.4 is 11.3 Å². The van der Waals surface area contributed by atoms with Crippen LogP contribution in [0.15, 0.2) is 36.2 Å². The van der Waals surface area contributed by atoms with E-state index in [1.54, 1.807) is 6.20 Å². The van der Waals surface area contributed by atoms with Crippen LogP contribution in [0.3, 0.4) is 0 Å². The van der Waals surface area contributed by atoms with Gasteiger partial charge in [-0.05, 0) is 37.3 Å². The van der Waals surface area contributed by atoms with Gasteiger partial charge in [-0.1, -0.05) is 30.6 Å². The fraction of sp³-hybridized carbons (Fsp3) is 0.500. The van der Waals surface area contributed by atoms with Gasteiger partial charge in [0, 0.05) is 12.4 Å². The summed E-state index contributed by atoms with van der Waals surface area (Å²) >= 11 is 0. The van der Waals surface area contributed by atoms with Crippen molar-refractivity contribution in [1.82, 2.24) is 10.4 Å². The highest BCUT2D eigenvalue weighted by atomic mass is 15.2. The number of hydrogen-bond donors (Lipinski definition) is 2. The van der Waals surface area contributed by atoms with Crippen molar-refractivity contribution in [2.75, 3.05) is 0 Å². The summed E-state index contributed by atoms with van der Waals surface area (Å²) in [4.78, 5) is 4.17. The second-order valence-electron chi connectivity index (χ2n) is 4.62. The summed E-state index contributed by atoms with van der Waals surface area (Å²) in [6.07, 6.45) is 13.6. The van der Waals surface area contributed by atoms with E-state index < -0.39 is 0 Å². The predicted molar refractivity (Wildman–Crippen MR) is 70.1 cm³/mol. The molecule has 1 aromatic rings. The number of pyridine rings is 1. The molecule has 0 saturated heterocycles. The molecule has 0 radical (unpaired) electrons. The Bertz CT molecular complexity index is 359. The van der Waals surface area contributed by atoms with Gasteiger partial charge in [0.1, 0.15) is 0 Å². The highest BCUT2D eigenvalue weighted by Crippen LogP contribution is 2.27. The molecule has 0 aromatic carbocycles. The quantitative estimate of drug-likeness (QED) is 0.478. The third-order valence-corrected chi connectivity index (χ3v) is 3.38. The molecule has 0 aliphatic heterocycles. The standard InChI is InChI=1S/C14H21N3/c15-17-14(13-9-6-10-16-11-13)12-7-4-2-1-3-5-8-12/h6-7,9-11,14,17H,1-5,8,15H2/b12-7+. The van der Waals surface area contributed by atoms with Crippen LogP contribution in [0, 0.1) is 0 Å². The summed E-state index contributed by atoms with van der Waals surface area (Å²) in [6, 6.07) is 4.17. The van der Waals surface area contributed by atoms with Gasteiger partial charge in [-0.2, -0.15) is 0 Å². The van der Waals surface area contributed by atoms with Crippen molar-refractivity contribution < 1.29 is 0 Å². The Morgan fingerprint density at radius 1 is 1.24 bits per heavy atom. The molecule has 92 valence electrons. The van der Waals surface area contributed by atoms with Crippen molar-refractivity contribution in [3.05, 3.63) is 41.7 Å². The van der Waals surface area contributed by atoms with Gasteiger partial charge >= 0.3 is 0 Å². The maximum atomic E-state index is 5.71. The Morgan fingerprint density at radius 3 is 2.88 bits per heavy atom. The molecule has 0 saturated carbocycles. The highest BCUT2D eigenvalue weighted by molar-refractivity contribution is 5.25. The molecule has 3 nitrogen and oxygen atoms in total. The lowest BCUT2D eigenvalue weighted by atomic mass is 9.92. The van der Waals surface area contributed by atoms with Crippen molar-refractivity contribution in [3.8, 4) is 0 Å². The van der Waals surface area contributed by atoms with E-state index in [0.29, 0.717) is 0 Å². The van der Waals surface area contributed by atoms with Crippen molar-refractivity contribution in [2.24, 2.45) is 5.84 Å². The van der Waals surface area contributed by atoms with Gasteiger partial charge in [-0.3, -0.25) is 10.8 Å². The van der Waals surface area contributed by atoms with Crippen molar-refractivity contribution in [1.29, 1.82) is 0 Å². The maximum Gasteiger partial charge on any atom is 0.0685 e. The molecular weight excluding hydrogens is 210 g/mol. The number of hydrazine groups is 1. The summed E-state index contributed by atoms with van der Waals surface area (Å²) in [6.45, 7) is 0. The number of nitrogens with one attached hydrogen (secondary N) is 1. The van der Waals surface area contributed by atoms with E-state index in [0.717, 1.165) is 12.0 Å². The number of rotatable bonds is 3. The average Bonchev–Trinajstić information content (AvgIpc) is 2.34. The first-order valence-corrected chi connectivity index (χ1v) is 6.47. The van der Waals surface area contributed by atoms with Gasteiger partial charge in [0.05, 0.1) is 6.04 Å². The summed E-state index contributed by atoms with van der Waals surface area (Å²) in [5.41, 5.74) is 5.50. The lowest BCUT2D eigenvalue weighted by molar-refractivity contribution is 0.554. The zero-order valence-electron chi connectivity index (χ0n) is 10.2. The van der Waals surface area contributed by atoms with Crippen LogP contribution in [0.4, 0.5) is 0 Å². The van der Waals surface area contributed by atoms with Crippen LogP contribution in [-0.4, -0.2) is 4.98 Å². The molecule has 1 atom stereocenters. The summed E-state index contributed by atoms with van der Waals surface area (Å²) in [7, 11) is 0. The summed E-state index contributed by atoms with van der Waals surface area (Å²) < 4.78 is 0. The molecule has 1 unspecified atom stereocenters. The number of aromatic nitrogens is 1. The van der Waals surface area contributed by atoms with Crippen LogP contribution in [0.2, 0.25) is 0 Å². The average molecular weight is 231 g/mol. The van der Waals surface area contributed by atoms with E-state index in [-0.39, 0.29) is 6.04 Å². The van der Waals surface area contributed by atoms with Crippen molar-refractivity contribution in [2.45, 2.75) is 44.6 Å². The minimum atomic E-state index is 0.127. The van der Waals surface area contributed by atoms with Gasteiger partial charge in [0.2, 0.25) is 0 Å². The van der Waals surface area contributed by atoms with E-state index in [9.17, 15) is 0 Å². The molecule has 1 heterocycles. The number of nitrogens with zero attached hydrogens (tertiary/aromatic N) is 1. The molecule has 0 spiro atoms. The first-order valence-electron chi connectivity index (χ1n) is 6.47. The van der Waals surface area contributed by atoms with Gasteiger partial charge in [0.25, 0.3) is 0 Å². The van der Waals surface area contributed by atoms with Gasteiger partial charge in [-0.25, -0.2) is 5.43 Å². The van der Waals surface area contributed by atoms with Crippen molar-refractivity contribution >= 4 is 0 Å². The van der Waals surface area contributed by atoms with Crippen LogP contribution in [0.1, 0.15) is 50.1 Å². The third-order valence-electron chi connectivity index (χ3n) is 3.38. The molecule has 2 rings (SSSR count). The Labute approximate surface area is 103 Å². The van der Waals surface area contributed by atoms with Gasteiger partial charge in [0.15, 0.2) is 0 Å². The van der Waals surface area contributed by atoms with Gasteiger partial charge in [-0.15, -0.1) is 0 Å². The third kappa shape index (κ3) is 3.38. The minimum absolute atomic E-state index is 0.127. The lowest BCUT2D eigenvalue weighted by Gasteiger charge is -2.21. The van der Waals surface area contributed by atoms with Crippen LogP contribution in [0.5, 0.6) is 0 Å². The Balaban J connectivity index is 2.16. The fourth-order valence-electron chi connectivity index (χ4n) is 2.44. The first kappa shape index (κ1) is 12.3. The number of nitrogens with two attached hydrogens (primary N) is 1. The zero-order chi connectivity index (χ0) is 11.9. The van der Waals surface area contributed by atoms with Crippen LogP contribution >= 0.6 is 0 Å². The first-order chi connectivity index (χ1) is 8.42. The number of allylic oxidation sites excluding steroid dienone is 1. The molecule has 0 bridgehead atoms. The second kappa shape index (κ2) is 6.52. The fourth-order valence-corrected chi connectivity index (χ4v) is 2.44. The number of hydrogen-bond acceptors (Lipinski definition) is 3. The van der Waals surface area contributed by atoms with E-state index in [4.69, 9.17) is 5.84 Å². The normalized spacial score (nSPS) is 22.1. The maximum absolute atomic E-state index is 5.71. The zero-order valence-corrected chi connectivity index (χ0v) is 10.2. The van der Waals surface area contributed by atoms with E-state index in [2.05, 4.69) is 22.6 Å². The van der Waals surface area contributed by atoms with Crippen LogP contribution in [0.25, 0.3) is 0 Å². The molecule has 0 amide bonds. The monoisotopic (exact) mass is 231 g/mol. The van der Waals surface area contributed by atoms with E-state index >= 15 is 0 Å². The Kier molecular flexibility index (Phi) is 4.71. The van der Waals surface area contributed by atoms with Crippen LogP contribution in [-0.2, 0) is 0 Å². The smallest absolute Gasteiger partial charge is 0.0685 e. The lowest BCUT2D eigenvalue weighted by Crippen LogP contribution is -2.29. The SMILES string of the molecule is NNC(/C1=C/CCCCCC1)c1cccnc1. The predicted octanol–water partition coefficient (Wildman–Crippen LogP) is 2.87.